The second-order valence-corrected chi connectivity index (χ2v) is 8.89. The summed E-state index contributed by atoms with van der Waals surface area (Å²) in [5, 5.41) is 1.75. The molecular weight excluding hydrogens is 374 g/mol. The summed E-state index contributed by atoms with van der Waals surface area (Å²) in [4.78, 5) is 12.5. The second kappa shape index (κ2) is 8.44. The number of furan rings is 1. The average Bonchev–Trinajstić information content (AvgIpc) is 3.19. The van der Waals surface area contributed by atoms with Crippen molar-refractivity contribution in [2.24, 2.45) is 0 Å². The van der Waals surface area contributed by atoms with Gasteiger partial charge in [-0.3, -0.25) is 4.79 Å². The summed E-state index contributed by atoms with van der Waals surface area (Å²) in [6.07, 6.45) is 1.62. The molecule has 0 radical (unpaired) electrons. The van der Waals surface area contributed by atoms with Gasteiger partial charge in [0.2, 0.25) is 5.91 Å². The van der Waals surface area contributed by atoms with Crippen LogP contribution in [0.5, 0.6) is 0 Å². The summed E-state index contributed by atoms with van der Waals surface area (Å²) in [6, 6.07) is 17.6. The first-order chi connectivity index (χ1) is 13.4. The lowest BCUT2D eigenvalue weighted by molar-refractivity contribution is -0.120. The molecular formula is C22H23NO4S. The molecule has 28 heavy (non-hydrogen) atoms. The van der Waals surface area contributed by atoms with E-state index in [1.165, 1.54) is 6.26 Å². The van der Waals surface area contributed by atoms with Crippen LogP contribution in [-0.4, -0.2) is 20.9 Å². The van der Waals surface area contributed by atoms with Gasteiger partial charge in [0.15, 0.2) is 9.84 Å². The van der Waals surface area contributed by atoms with Gasteiger partial charge in [-0.25, -0.2) is 8.42 Å². The normalized spacial score (nSPS) is 12.5. The number of nitrogens with one attached hydrogen (secondary N) is 1. The highest BCUT2D eigenvalue weighted by Crippen LogP contribution is 2.30. The van der Waals surface area contributed by atoms with Crippen molar-refractivity contribution in [2.75, 3.05) is 6.54 Å². The van der Waals surface area contributed by atoms with Crippen LogP contribution in [0.2, 0.25) is 0 Å². The Bertz CT molecular complexity index is 1040. The van der Waals surface area contributed by atoms with E-state index < -0.39 is 15.1 Å². The van der Waals surface area contributed by atoms with E-state index in [9.17, 15) is 13.2 Å². The molecule has 6 heteroatoms. The summed E-state index contributed by atoms with van der Waals surface area (Å²) in [5.41, 5.74) is 2.78. The van der Waals surface area contributed by atoms with Crippen LogP contribution in [0.3, 0.4) is 0 Å². The minimum Gasteiger partial charge on any atom is -0.468 e. The maximum Gasteiger partial charge on any atom is 0.224 e. The van der Waals surface area contributed by atoms with Gasteiger partial charge in [0.25, 0.3) is 0 Å². The monoisotopic (exact) mass is 397 g/mol. The molecule has 0 aliphatic rings. The third kappa shape index (κ3) is 4.51. The van der Waals surface area contributed by atoms with Crippen molar-refractivity contribution in [1.29, 1.82) is 0 Å². The van der Waals surface area contributed by atoms with Crippen molar-refractivity contribution in [2.45, 2.75) is 30.4 Å². The molecule has 1 heterocycles. The lowest BCUT2D eigenvalue weighted by Crippen LogP contribution is -2.32. The molecule has 1 atom stereocenters. The van der Waals surface area contributed by atoms with Crippen molar-refractivity contribution in [1.82, 2.24) is 5.32 Å². The van der Waals surface area contributed by atoms with Crippen LogP contribution < -0.4 is 5.32 Å². The third-order valence-electron chi connectivity index (χ3n) is 4.73. The Kier molecular flexibility index (Phi) is 5.99. The minimum atomic E-state index is -3.74. The topological polar surface area (TPSA) is 76.4 Å². The Balaban J connectivity index is 1.81. The van der Waals surface area contributed by atoms with Gasteiger partial charge in [-0.2, -0.15) is 0 Å². The molecule has 0 aliphatic carbocycles. The van der Waals surface area contributed by atoms with Gasteiger partial charge in [-0.1, -0.05) is 36.4 Å². The van der Waals surface area contributed by atoms with Gasteiger partial charge in [0.1, 0.15) is 11.0 Å². The number of hydrogen-bond acceptors (Lipinski definition) is 4. The smallest absolute Gasteiger partial charge is 0.224 e. The molecule has 1 amide bonds. The fraction of sp³-hybridized carbons (Fsp3) is 0.227. The number of carbonyl (C=O) groups is 1. The van der Waals surface area contributed by atoms with Crippen molar-refractivity contribution < 1.29 is 17.6 Å². The van der Waals surface area contributed by atoms with E-state index in [4.69, 9.17) is 4.42 Å². The summed E-state index contributed by atoms with van der Waals surface area (Å²) in [5.74, 6) is 0.0660. The zero-order chi connectivity index (χ0) is 20.1. The number of rotatable bonds is 7. The Morgan fingerprint density at radius 1 is 1.00 bits per heavy atom. The van der Waals surface area contributed by atoms with Crippen LogP contribution >= 0.6 is 0 Å². The van der Waals surface area contributed by atoms with Crippen LogP contribution in [0.1, 0.15) is 27.7 Å². The van der Waals surface area contributed by atoms with Gasteiger partial charge in [0, 0.05) is 6.54 Å². The Labute approximate surface area is 165 Å². The van der Waals surface area contributed by atoms with Gasteiger partial charge in [0.05, 0.1) is 17.6 Å². The first kappa shape index (κ1) is 19.9. The van der Waals surface area contributed by atoms with Crippen molar-refractivity contribution in [3.05, 3.63) is 89.4 Å². The summed E-state index contributed by atoms with van der Waals surface area (Å²) >= 11 is 0. The number of hydrogen-bond donors (Lipinski definition) is 1. The molecule has 1 aromatic heterocycles. The highest BCUT2D eigenvalue weighted by Gasteiger charge is 2.32. The fourth-order valence-electron chi connectivity index (χ4n) is 2.94. The van der Waals surface area contributed by atoms with Gasteiger partial charge >= 0.3 is 0 Å². The number of aryl methyl sites for hydroxylation is 2. The first-order valence-corrected chi connectivity index (χ1v) is 10.6. The number of sulfone groups is 1. The lowest BCUT2D eigenvalue weighted by Gasteiger charge is -2.17. The highest BCUT2D eigenvalue weighted by atomic mass is 32.2. The third-order valence-corrected chi connectivity index (χ3v) is 6.79. The second-order valence-electron chi connectivity index (χ2n) is 6.76. The zero-order valence-electron chi connectivity index (χ0n) is 15.9. The molecule has 0 saturated heterocycles. The maximum absolute atomic E-state index is 13.3. The molecule has 1 N–H and O–H groups in total. The summed E-state index contributed by atoms with van der Waals surface area (Å²) < 4.78 is 31.9. The minimum absolute atomic E-state index is 0.0611. The van der Waals surface area contributed by atoms with Crippen LogP contribution in [0.15, 0.2) is 76.2 Å². The van der Waals surface area contributed by atoms with E-state index in [1.807, 2.05) is 44.2 Å². The van der Waals surface area contributed by atoms with Crippen LogP contribution in [0.4, 0.5) is 0 Å². The van der Waals surface area contributed by atoms with Gasteiger partial charge in [-0.05, 0) is 54.8 Å². The summed E-state index contributed by atoms with van der Waals surface area (Å²) in [6.45, 7) is 3.74. The lowest BCUT2D eigenvalue weighted by atomic mass is 10.1. The standard InChI is InChI=1S/C22H23NO4S/c1-16-10-11-19(13-17(16)2)28(25,26)21(20-9-6-12-27-20)15-23-22(24)14-18-7-4-3-5-8-18/h3-13,21H,14-15H2,1-2H3,(H,23,24)/t21-/m1/s1. The predicted molar refractivity (Wildman–Crippen MR) is 108 cm³/mol. The van der Waals surface area contributed by atoms with Crippen molar-refractivity contribution in [3.8, 4) is 0 Å². The first-order valence-electron chi connectivity index (χ1n) is 9.03. The molecule has 5 nitrogen and oxygen atoms in total. The van der Waals surface area contributed by atoms with Crippen molar-refractivity contribution in [3.63, 3.8) is 0 Å². The maximum atomic E-state index is 13.3. The van der Waals surface area contributed by atoms with Gasteiger partial charge in [-0.15, -0.1) is 0 Å². The van der Waals surface area contributed by atoms with E-state index >= 15 is 0 Å². The van der Waals surface area contributed by atoms with Crippen LogP contribution in [0.25, 0.3) is 0 Å². The number of carbonyl (C=O) groups excluding carboxylic acids is 1. The molecule has 3 rings (SSSR count). The molecule has 0 bridgehead atoms. The number of amides is 1. The Morgan fingerprint density at radius 3 is 2.39 bits per heavy atom. The largest absolute Gasteiger partial charge is 0.468 e. The van der Waals surface area contributed by atoms with Crippen molar-refractivity contribution >= 4 is 15.7 Å². The molecule has 3 aromatic rings. The van der Waals surface area contributed by atoms with E-state index in [1.54, 1.807) is 30.3 Å². The molecule has 0 unspecified atom stereocenters. The molecule has 0 aliphatic heterocycles. The molecule has 146 valence electrons. The van der Waals surface area contributed by atoms with Crippen LogP contribution in [-0.2, 0) is 21.1 Å². The predicted octanol–water partition coefficient (Wildman–Crippen LogP) is 3.77. The Morgan fingerprint density at radius 2 is 1.75 bits per heavy atom. The van der Waals surface area contributed by atoms with E-state index in [2.05, 4.69) is 5.32 Å². The molecule has 0 fully saturated rings. The van der Waals surface area contributed by atoms with Gasteiger partial charge < -0.3 is 9.73 Å². The van der Waals surface area contributed by atoms with E-state index in [0.717, 1.165) is 16.7 Å². The average molecular weight is 397 g/mol. The van der Waals surface area contributed by atoms with E-state index in [-0.39, 0.29) is 23.8 Å². The number of benzene rings is 2. The molecule has 0 saturated carbocycles. The Hall–Kier alpha value is -2.86. The fourth-order valence-corrected chi connectivity index (χ4v) is 4.61. The van der Waals surface area contributed by atoms with Crippen LogP contribution in [0, 0.1) is 13.8 Å². The van der Waals surface area contributed by atoms with E-state index in [0.29, 0.717) is 5.76 Å². The SMILES string of the molecule is Cc1ccc(S(=O)(=O)[C@H](CNC(=O)Cc2ccccc2)c2ccco2)cc1C. The zero-order valence-corrected chi connectivity index (χ0v) is 16.7. The molecule has 2 aromatic carbocycles. The summed E-state index contributed by atoms with van der Waals surface area (Å²) in [7, 11) is -3.74. The quantitative estimate of drug-likeness (QED) is 0.658. The highest BCUT2D eigenvalue weighted by molar-refractivity contribution is 7.91. The molecule has 0 spiro atoms.